The first-order valence-electron chi connectivity index (χ1n) is 8.78. The second-order valence-corrected chi connectivity index (χ2v) is 7.44. The fourth-order valence-corrected chi connectivity index (χ4v) is 4.14. The van der Waals surface area contributed by atoms with E-state index in [1.807, 2.05) is 42.6 Å². The molecule has 0 bridgehead atoms. The molecule has 0 aliphatic carbocycles. The Balaban J connectivity index is 1.48. The number of amides is 1. The Morgan fingerprint density at radius 2 is 1.88 bits per heavy atom. The second-order valence-electron chi connectivity index (χ2n) is 6.37. The van der Waals surface area contributed by atoms with Crippen LogP contribution in [0.1, 0.15) is 34.0 Å². The topological polar surface area (TPSA) is 66.9 Å². The summed E-state index contributed by atoms with van der Waals surface area (Å²) in [5.74, 6) is 0.365. The van der Waals surface area contributed by atoms with Gasteiger partial charge in [0.25, 0.3) is 5.91 Å². The Kier molecular flexibility index (Phi) is 5.04. The zero-order chi connectivity index (χ0) is 17.8. The number of aromatic nitrogens is 2. The minimum atomic E-state index is -0.179. The molecule has 0 radical (unpaired) electrons. The van der Waals surface area contributed by atoms with Crippen molar-refractivity contribution in [3.8, 4) is 11.1 Å². The largest absolute Gasteiger partial charge is 0.317 e. The molecule has 1 aliphatic rings. The van der Waals surface area contributed by atoms with Crippen LogP contribution >= 0.6 is 11.3 Å². The SMILES string of the molecule is O=C(Nc1ncc(C2CCNCC2)s1)c1cncc(-c2ccccc2)c1. The summed E-state index contributed by atoms with van der Waals surface area (Å²) in [6, 6.07) is 11.8. The van der Waals surface area contributed by atoms with Gasteiger partial charge >= 0.3 is 0 Å². The Bertz CT molecular complexity index is 888. The van der Waals surface area contributed by atoms with Crippen LogP contribution in [0.25, 0.3) is 11.1 Å². The summed E-state index contributed by atoms with van der Waals surface area (Å²) in [5, 5.41) is 6.93. The first kappa shape index (κ1) is 16.9. The van der Waals surface area contributed by atoms with Gasteiger partial charge in [0, 0.05) is 29.0 Å². The van der Waals surface area contributed by atoms with Gasteiger partial charge in [-0.1, -0.05) is 30.3 Å². The van der Waals surface area contributed by atoms with Crippen molar-refractivity contribution in [2.24, 2.45) is 0 Å². The van der Waals surface area contributed by atoms with E-state index in [1.54, 1.807) is 23.7 Å². The normalized spacial score (nSPS) is 14.9. The summed E-state index contributed by atoms with van der Waals surface area (Å²) >= 11 is 1.57. The summed E-state index contributed by atoms with van der Waals surface area (Å²) in [6.45, 7) is 2.09. The molecule has 0 spiro atoms. The van der Waals surface area contributed by atoms with Gasteiger partial charge in [-0.05, 0) is 43.5 Å². The van der Waals surface area contributed by atoms with Gasteiger partial charge in [-0.3, -0.25) is 15.1 Å². The van der Waals surface area contributed by atoms with Crippen LogP contribution in [0.5, 0.6) is 0 Å². The van der Waals surface area contributed by atoms with Crippen LogP contribution in [0.4, 0.5) is 5.13 Å². The van der Waals surface area contributed by atoms with Crippen molar-refractivity contribution in [2.75, 3.05) is 18.4 Å². The number of carbonyl (C=O) groups is 1. The molecular formula is C20H20N4OS. The fourth-order valence-electron chi connectivity index (χ4n) is 3.16. The minimum absolute atomic E-state index is 0.179. The molecule has 1 aromatic carbocycles. The number of hydrogen-bond acceptors (Lipinski definition) is 5. The van der Waals surface area contributed by atoms with E-state index in [-0.39, 0.29) is 5.91 Å². The predicted molar refractivity (Wildman–Crippen MR) is 105 cm³/mol. The number of rotatable bonds is 4. The van der Waals surface area contributed by atoms with Crippen LogP contribution in [0.2, 0.25) is 0 Å². The lowest BCUT2D eigenvalue weighted by molar-refractivity contribution is 0.102. The predicted octanol–water partition coefficient (Wildman–Crippen LogP) is 3.92. The number of pyridine rings is 1. The van der Waals surface area contributed by atoms with Crippen LogP contribution in [-0.4, -0.2) is 29.0 Å². The van der Waals surface area contributed by atoms with Crippen molar-refractivity contribution in [2.45, 2.75) is 18.8 Å². The van der Waals surface area contributed by atoms with E-state index >= 15 is 0 Å². The molecule has 3 aromatic rings. The molecule has 0 unspecified atom stereocenters. The van der Waals surface area contributed by atoms with Crippen LogP contribution in [0, 0.1) is 0 Å². The second kappa shape index (κ2) is 7.76. The van der Waals surface area contributed by atoms with Crippen molar-refractivity contribution in [1.29, 1.82) is 0 Å². The summed E-state index contributed by atoms with van der Waals surface area (Å²) < 4.78 is 0. The minimum Gasteiger partial charge on any atom is -0.317 e. The quantitative estimate of drug-likeness (QED) is 0.736. The van der Waals surface area contributed by atoms with Crippen LogP contribution in [0.15, 0.2) is 55.0 Å². The van der Waals surface area contributed by atoms with Gasteiger partial charge in [-0.15, -0.1) is 11.3 Å². The third-order valence-electron chi connectivity index (χ3n) is 4.59. The molecule has 1 aliphatic heterocycles. The van der Waals surface area contributed by atoms with E-state index < -0.39 is 0 Å². The average Bonchev–Trinajstić information content (AvgIpc) is 3.18. The fraction of sp³-hybridized carbons (Fsp3) is 0.250. The van der Waals surface area contributed by atoms with Gasteiger partial charge in [-0.25, -0.2) is 4.98 Å². The maximum atomic E-state index is 12.6. The first-order chi connectivity index (χ1) is 12.8. The van der Waals surface area contributed by atoms with Gasteiger partial charge in [0.2, 0.25) is 0 Å². The highest BCUT2D eigenvalue weighted by atomic mass is 32.1. The number of nitrogens with one attached hydrogen (secondary N) is 2. The molecule has 2 aromatic heterocycles. The molecule has 4 rings (SSSR count). The number of hydrogen-bond donors (Lipinski definition) is 2. The van der Waals surface area contributed by atoms with Crippen molar-refractivity contribution in [3.05, 3.63) is 65.4 Å². The van der Waals surface area contributed by atoms with Gasteiger partial charge in [0.1, 0.15) is 0 Å². The lowest BCUT2D eigenvalue weighted by atomic mass is 9.97. The zero-order valence-electron chi connectivity index (χ0n) is 14.3. The Morgan fingerprint density at radius 3 is 2.69 bits per heavy atom. The number of piperidine rings is 1. The molecule has 1 amide bonds. The van der Waals surface area contributed by atoms with Gasteiger partial charge < -0.3 is 5.32 Å². The zero-order valence-corrected chi connectivity index (χ0v) is 15.1. The molecule has 1 fully saturated rings. The molecule has 1 saturated heterocycles. The highest BCUT2D eigenvalue weighted by molar-refractivity contribution is 7.15. The third-order valence-corrected chi connectivity index (χ3v) is 5.67. The Hall–Kier alpha value is -2.57. The van der Waals surface area contributed by atoms with Crippen LogP contribution < -0.4 is 10.6 Å². The number of carbonyl (C=O) groups excluding carboxylic acids is 1. The smallest absolute Gasteiger partial charge is 0.259 e. The molecule has 132 valence electrons. The summed E-state index contributed by atoms with van der Waals surface area (Å²) in [5.41, 5.74) is 2.50. The molecule has 3 heterocycles. The van der Waals surface area contributed by atoms with E-state index in [1.165, 1.54) is 4.88 Å². The monoisotopic (exact) mass is 364 g/mol. The number of benzene rings is 1. The van der Waals surface area contributed by atoms with E-state index in [4.69, 9.17) is 0 Å². The maximum absolute atomic E-state index is 12.6. The summed E-state index contributed by atoms with van der Waals surface area (Å²) in [4.78, 5) is 22.4. The van der Waals surface area contributed by atoms with E-state index in [9.17, 15) is 4.79 Å². The van der Waals surface area contributed by atoms with Gasteiger partial charge in [-0.2, -0.15) is 0 Å². The Morgan fingerprint density at radius 1 is 1.08 bits per heavy atom. The van der Waals surface area contributed by atoms with E-state index in [0.29, 0.717) is 16.6 Å². The van der Waals surface area contributed by atoms with Crippen molar-refractivity contribution in [3.63, 3.8) is 0 Å². The lowest BCUT2D eigenvalue weighted by Crippen LogP contribution is -2.26. The summed E-state index contributed by atoms with van der Waals surface area (Å²) in [7, 11) is 0. The lowest BCUT2D eigenvalue weighted by Gasteiger charge is -2.20. The molecule has 6 heteroatoms. The highest BCUT2D eigenvalue weighted by Gasteiger charge is 2.18. The molecule has 5 nitrogen and oxygen atoms in total. The highest BCUT2D eigenvalue weighted by Crippen LogP contribution is 2.31. The van der Waals surface area contributed by atoms with Crippen molar-refractivity contribution in [1.82, 2.24) is 15.3 Å². The molecule has 2 N–H and O–H groups in total. The molecular weight excluding hydrogens is 344 g/mol. The molecule has 26 heavy (non-hydrogen) atoms. The molecule has 0 atom stereocenters. The number of nitrogens with zero attached hydrogens (tertiary/aromatic N) is 2. The van der Waals surface area contributed by atoms with Crippen molar-refractivity contribution >= 4 is 22.4 Å². The van der Waals surface area contributed by atoms with Gasteiger partial charge in [0.15, 0.2) is 5.13 Å². The van der Waals surface area contributed by atoms with Crippen molar-refractivity contribution < 1.29 is 4.79 Å². The third kappa shape index (κ3) is 3.81. The molecule has 0 saturated carbocycles. The Labute approximate surface area is 156 Å². The summed E-state index contributed by atoms with van der Waals surface area (Å²) in [6.07, 6.45) is 7.50. The maximum Gasteiger partial charge on any atom is 0.259 e. The standard InChI is InChI=1S/C20H20N4OS/c25-19(17-10-16(11-22-12-17)14-4-2-1-3-5-14)24-20-23-13-18(26-20)15-6-8-21-9-7-15/h1-5,10-13,15,21H,6-9H2,(H,23,24,25). The number of thiazole rings is 1. The van der Waals surface area contributed by atoms with E-state index in [0.717, 1.165) is 37.1 Å². The van der Waals surface area contributed by atoms with E-state index in [2.05, 4.69) is 20.6 Å². The van der Waals surface area contributed by atoms with Crippen LogP contribution in [-0.2, 0) is 0 Å². The van der Waals surface area contributed by atoms with Crippen LogP contribution in [0.3, 0.4) is 0 Å². The van der Waals surface area contributed by atoms with Gasteiger partial charge in [0.05, 0.1) is 5.56 Å². The number of anilines is 1. The average molecular weight is 364 g/mol. The first-order valence-corrected chi connectivity index (χ1v) is 9.59.